The molecule has 1 aromatic heterocycles. The fraction of sp³-hybridized carbons (Fsp3) is 0.125. The van der Waals surface area contributed by atoms with Crippen molar-refractivity contribution >= 4 is 27.3 Å². The van der Waals surface area contributed by atoms with Gasteiger partial charge < -0.3 is 4.52 Å². The fourth-order valence-electron chi connectivity index (χ4n) is 2.13. The van der Waals surface area contributed by atoms with Crippen LogP contribution < -0.4 is 4.72 Å². The summed E-state index contributed by atoms with van der Waals surface area (Å²) in [7, 11) is -3.57. The van der Waals surface area contributed by atoms with Crippen LogP contribution in [0.4, 0.5) is 5.69 Å². The maximum absolute atomic E-state index is 12.3. The van der Waals surface area contributed by atoms with Gasteiger partial charge in [0.2, 0.25) is 10.0 Å². The third-order valence-corrected chi connectivity index (χ3v) is 4.84. The van der Waals surface area contributed by atoms with Crippen molar-refractivity contribution in [2.75, 3.05) is 4.72 Å². The van der Waals surface area contributed by atoms with Gasteiger partial charge in [-0.05, 0) is 42.8 Å². The van der Waals surface area contributed by atoms with Gasteiger partial charge in [-0.2, -0.15) is 4.98 Å². The summed E-state index contributed by atoms with van der Waals surface area (Å²) >= 11 is 6.01. The monoisotopic (exact) mass is 363 g/mol. The molecule has 0 saturated carbocycles. The molecule has 24 heavy (non-hydrogen) atoms. The zero-order valence-corrected chi connectivity index (χ0v) is 14.3. The quantitative estimate of drug-likeness (QED) is 0.748. The predicted octanol–water partition coefficient (Wildman–Crippen LogP) is 3.64. The van der Waals surface area contributed by atoms with E-state index in [-0.39, 0.29) is 5.75 Å². The van der Waals surface area contributed by atoms with Gasteiger partial charge >= 0.3 is 0 Å². The standard InChI is InChI=1S/C16H14ClN3O3S/c1-11-18-16(23-19-11)12-6-8-14(9-7-12)20-24(21,22)10-13-4-2-3-5-15(13)17/h2-9,20H,10H2,1H3. The normalized spacial score (nSPS) is 11.4. The summed E-state index contributed by atoms with van der Waals surface area (Å²) in [6, 6.07) is 13.5. The van der Waals surface area contributed by atoms with Gasteiger partial charge in [0.05, 0.1) is 5.75 Å². The van der Waals surface area contributed by atoms with Crippen LogP contribution in [0.1, 0.15) is 11.4 Å². The second-order valence-corrected chi connectivity index (χ2v) is 7.31. The highest BCUT2D eigenvalue weighted by molar-refractivity contribution is 7.91. The molecule has 1 heterocycles. The Balaban J connectivity index is 1.74. The summed E-state index contributed by atoms with van der Waals surface area (Å²) < 4.78 is 32.1. The predicted molar refractivity (Wildman–Crippen MR) is 92.2 cm³/mol. The zero-order valence-electron chi connectivity index (χ0n) is 12.7. The number of hydrogen-bond donors (Lipinski definition) is 1. The minimum Gasteiger partial charge on any atom is -0.334 e. The smallest absolute Gasteiger partial charge is 0.257 e. The fourth-order valence-corrected chi connectivity index (χ4v) is 3.64. The van der Waals surface area contributed by atoms with Crippen LogP contribution in [0.25, 0.3) is 11.5 Å². The first kappa shape index (κ1) is 16.5. The Morgan fingerprint density at radius 3 is 2.46 bits per heavy atom. The van der Waals surface area contributed by atoms with Crippen molar-refractivity contribution in [2.24, 2.45) is 0 Å². The lowest BCUT2D eigenvalue weighted by Gasteiger charge is -2.09. The maximum atomic E-state index is 12.3. The summed E-state index contributed by atoms with van der Waals surface area (Å²) in [5.41, 5.74) is 1.70. The lowest BCUT2D eigenvalue weighted by atomic mass is 10.2. The van der Waals surface area contributed by atoms with E-state index in [0.717, 1.165) is 0 Å². The lowest BCUT2D eigenvalue weighted by Crippen LogP contribution is -2.15. The van der Waals surface area contributed by atoms with E-state index in [2.05, 4.69) is 14.9 Å². The van der Waals surface area contributed by atoms with E-state index in [9.17, 15) is 8.42 Å². The van der Waals surface area contributed by atoms with E-state index < -0.39 is 10.0 Å². The summed E-state index contributed by atoms with van der Waals surface area (Å²) in [4.78, 5) is 4.12. The number of anilines is 1. The number of nitrogens with zero attached hydrogens (tertiary/aromatic N) is 2. The second kappa shape index (κ2) is 6.62. The van der Waals surface area contributed by atoms with Gasteiger partial charge in [-0.25, -0.2) is 8.42 Å². The number of nitrogens with one attached hydrogen (secondary N) is 1. The highest BCUT2D eigenvalue weighted by Crippen LogP contribution is 2.22. The first-order valence-electron chi connectivity index (χ1n) is 7.07. The third kappa shape index (κ3) is 3.93. The molecule has 0 fully saturated rings. The van der Waals surface area contributed by atoms with Crippen LogP contribution in [0, 0.1) is 6.92 Å². The molecule has 2 aromatic carbocycles. The van der Waals surface area contributed by atoms with Gasteiger partial charge in [-0.3, -0.25) is 4.72 Å². The first-order chi connectivity index (χ1) is 11.4. The SMILES string of the molecule is Cc1noc(-c2ccc(NS(=O)(=O)Cc3ccccc3Cl)cc2)n1. The largest absolute Gasteiger partial charge is 0.334 e. The second-order valence-electron chi connectivity index (χ2n) is 5.18. The van der Waals surface area contributed by atoms with Gasteiger partial charge in [0.15, 0.2) is 5.82 Å². The minimum absolute atomic E-state index is 0.197. The van der Waals surface area contributed by atoms with Crippen LogP contribution in [0.2, 0.25) is 5.02 Å². The van der Waals surface area contributed by atoms with Gasteiger partial charge in [0.25, 0.3) is 5.89 Å². The molecule has 8 heteroatoms. The molecule has 0 atom stereocenters. The topological polar surface area (TPSA) is 85.1 Å². The molecular formula is C16H14ClN3O3S. The van der Waals surface area contributed by atoms with E-state index in [4.69, 9.17) is 16.1 Å². The Kier molecular flexibility index (Phi) is 4.55. The van der Waals surface area contributed by atoms with Crippen LogP contribution in [0.5, 0.6) is 0 Å². The van der Waals surface area contributed by atoms with Crippen molar-refractivity contribution in [1.29, 1.82) is 0 Å². The molecule has 0 aliphatic heterocycles. The molecular weight excluding hydrogens is 350 g/mol. The highest BCUT2D eigenvalue weighted by Gasteiger charge is 2.14. The van der Waals surface area contributed by atoms with Gasteiger partial charge in [0, 0.05) is 16.3 Å². The summed E-state index contributed by atoms with van der Waals surface area (Å²) in [6.07, 6.45) is 0. The molecule has 3 aromatic rings. The van der Waals surface area contributed by atoms with Crippen molar-refractivity contribution in [2.45, 2.75) is 12.7 Å². The average Bonchev–Trinajstić information content (AvgIpc) is 2.96. The van der Waals surface area contributed by atoms with Crippen LogP contribution >= 0.6 is 11.6 Å². The van der Waals surface area contributed by atoms with Crippen molar-refractivity contribution in [3.8, 4) is 11.5 Å². The average molecular weight is 364 g/mol. The van der Waals surface area contributed by atoms with Crippen LogP contribution in [0.15, 0.2) is 53.1 Å². The molecule has 0 bridgehead atoms. The number of aryl methyl sites for hydroxylation is 1. The van der Waals surface area contributed by atoms with Crippen LogP contribution in [0.3, 0.4) is 0 Å². The summed E-state index contributed by atoms with van der Waals surface area (Å²) in [5, 5.41) is 4.14. The van der Waals surface area contributed by atoms with Crippen molar-refractivity contribution < 1.29 is 12.9 Å². The lowest BCUT2D eigenvalue weighted by molar-refractivity contribution is 0.425. The molecule has 0 aliphatic rings. The Labute approximate surface area is 144 Å². The summed E-state index contributed by atoms with van der Waals surface area (Å²) in [6.45, 7) is 1.73. The molecule has 124 valence electrons. The van der Waals surface area contributed by atoms with E-state index in [1.54, 1.807) is 55.5 Å². The van der Waals surface area contributed by atoms with Crippen LogP contribution in [-0.2, 0) is 15.8 Å². The molecule has 1 N–H and O–H groups in total. The molecule has 0 unspecified atom stereocenters. The number of sulfonamides is 1. The Morgan fingerprint density at radius 1 is 1.12 bits per heavy atom. The Bertz CT molecular complexity index is 953. The number of hydrogen-bond acceptors (Lipinski definition) is 5. The van der Waals surface area contributed by atoms with Crippen molar-refractivity contribution in [3.63, 3.8) is 0 Å². The zero-order chi connectivity index (χ0) is 17.2. The number of benzene rings is 2. The molecule has 0 amide bonds. The van der Waals surface area contributed by atoms with E-state index in [0.29, 0.717) is 33.6 Å². The van der Waals surface area contributed by atoms with Crippen LogP contribution in [-0.4, -0.2) is 18.6 Å². The first-order valence-corrected chi connectivity index (χ1v) is 9.11. The third-order valence-electron chi connectivity index (χ3n) is 3.24. The van der Waals surface area contributed by atoms with E-state index >= 15 is 0 Å². The van der Waals surface area contributed by atoms with Crippen molar-refractivity contribution in [1.82, 2.24) is 10.1 Å². The number of aromatic nitrogens is 2. The van der Waals surface area contributed by atoms with Gasteiger partial charge in [0.1, 0.15) is 0 Å². The maximum Gasteiger partial charge on any atom is 0.257 e. The molecule has 0 spiro atoms. The number of halogens is 1. The Hall–Kier alpha value is -2.38. The molecule has 0 saturated heterocycles. The van der Waals surface area contributed by atoms with Crippen molar-refractivity contribution in [3.05, 3.63) is 64.9 Å². The minimum atomic E-state index is -3.57. The molecule has 6 nitrogen and oxygen atoms in total. The van der Waals surface area contributed by atoms with E-state index in [1.165, 1.54) is 0 Å². The molecule has 0 aliphatic carbocycles. The van der Waals surface area contributed by atoms with Gasteiger partial charge in [-0.15, -0.1) is 0 Å². The molecule has 3 rings (SSSR count). The molecule has 0 radical (unpaired) electrons. The Morgan fingerprint density at radius 2 is 1.83 bits per heavy atom. The number of rotatable bonds is 5. The van der Waals surface area contributed by atoms with E-state index in [1.807, 2.05) is 0 Å². The van der Waals surface area contributed by atoms with Gasteiger partial charge in [-0.1, -0.05) is 35.0 Å². The summed E-state index contributed by atoms with van der Waals surface area (Å²) in [5.74, 6) is 0.726. The highest BCUT2D eigenvalue weighted by atomic mass is 35.5.